The van der Waals surface area contributed by atoms with Crippen LogP contribution in [0.4, 0.5) is 5.69 Å². The Morgan fingerprint density at radius 3 is 2.64 bits per heavy atom. The van der Waals surface area contributed by atoms with E-state index in [2.05, 4.69) is 35.6 Å². The summed E-state index contributed by atoms with van der Waals surface area (Å²) in [5, 5.41) is 50.8. The predicted molar refractivity (Wildman–Crippen MR) is 175 cm³/mol. The number of halogens is 1. The molecule has 10 nitrogen and oxygen atoms in total. The standard InChI is InChI=1S/C31H36B2INO9/c1-3-5-17(10-18-11-24(34)29(37)26(12-18)43-2)8-9-25-27-19(16-36)13-22-28(23(27)15-32(40)44-25)31(39)35(30(22)38)21-7-4-6-20(14-21)33(41)42/h4,6-7,10-12,14,22-23,25,28,36-37,40-42H,3,5,8-9,13,15-16H2,1-2H3/b17-10+/t22-,23+,25-,28-/m1/s1. The van der Waals surface area contributed by atoms with Gasteiger partial charge in [-0.05, 0) is 107 Å². The molecule has 0 bridgehead atoms. The predicted octanol–water partition coefficient (Wildman–Crippen LogP) is 2.64. The number of ether oxygens (including phenoxy) is 1. The van der Waals surface area contributed by atoms with Crippen LogP contribution in [0.5, 0.6) is 11.5 Å². The number of aromatic hydroxyl groups is 1. The van der Waals surface area contributed by atoms with E-state index in [1.165, 1.54) is 19.2 Å². The van der Waals surface area contributed by atoms with E-state index in [-0.39, 0.29) is 36.2 Å². The Labute approximate surface area is 270 Å². The summed E-state index contributed by atoms with van der Waals surface area (Å²) in [5.41, 5.74) is 3.89. The van der Waals surface area contributed by atoms with Crippen LogP contribution in [0.25, 0.3) is 6.08 Å². The van der Waals surface area contributed by atoms with Crippen molar-refractivity contribution in [1.82, 2.24) is 0 Å². The number of methoxy groups -OCH3 is 1. The van der Waals surface area contributed by atoms with E-state index in [9.17, 15) is 34.9 Å². The van der Waals surface area contributed by atoms with Gasteiger partial charge in [0.15, 0.2) is 11.5 Å². The third-order valence-corrected chi connectivity index (χ3v) is 9.69. The van der Waals surface area contributed by atoms with Gasteiger partial charge in [-0.1, -0.05) is 37.1 Å². The van der Waals surface area contributed by atoms with Crippen molar-refractivity contribution in [2.75, 3.05) is 18.6 Å². The zero-order valence-electron chi connectivity index (χ0n) is 24.6. The average molecular weight is 715 g/mol. The van der Waals surface area contributed by atoms with Crippen LogP contribution in [0.15, 0.2) is 53.1 Å². The number of allylic oxidation sites excluding steroid dienone is 1. The van der Waals surface area contributed by atoms with Crippen LogP contribution in [0.1, 0.15) is 44.6 Å². The quantitative estimate of drug-likeness (QED) is 0.108. The lowest BCUT2D eigenvalue weighted by Crippen LogP contribution is -2.46. The molecule has 13 heteroatoms. The number of benzene rings is 2. The SMILES string of the molecule is CCC/C(=C\c1cc(I)c(O)c(OC)c1)CC[C@H]1OB(O)C[C@H]2C1=C(CO)C[C@H]1C(=O)N(c3cccc(B(O)O)c3)C(=O)[C@H]12. The zero-order chi connectivity index (χ0) is 31.7. The molecule has 4 atom stereocenters. The van der Waals surface area contributed by atoms with Gasteiger partial charge >= 0.3 is 14.2 Å². The van der Waals surface area contributed by atoms with Crippen molar-refractivity contribution in [2.24, 2.45) is 17.8 Å². The summed E-state index contributed by atoms with van der Waals surface area (Å²) in [6.07, 6.45) is 4.71. The monoisotopic (exact) mass is 715 g/mol. The highest BCUT2D eigenvalue weighted by atomic mass is 127. The van der Waals surface area contributed by atoms with E-state index in [1.54, 1.807) is 18.2 Å². The van der Waals surface area contributed by atoms with Crippen LogP contribution >= 0.6 is 22.6 Å². The van der Waals surface area contributed by atoms with Gasteiger partial charge in [-0.25, -0.2) is 0 Å². The van der Waals surface area contributed by atoms with E-state index < -0.39 is 49.9 Å². The summed E-state index contributed by atoms with van der Waals surface area (Å²) in [6.45, 7) is 1.80. The number of nitrogens with zero attached hydrogens (tertiary/aromatic N) is 1. The van der Waals surface area contributed by atoms with Crippen molar-refractivity contribution >= 4 is 65.9 Å². The molecule has 0 unspecified atom stereocenters. The van der Waals surface area contributed by atoms with E-state index in [0.29, 0.717) is 27.7 Å². The minimum Gasteiger partial charge on any atom is -0.504 e. The Balaban J connectivity index is 1.43. The average Bonchev–Trinajstić information content (AvgIpc) is 3.25. The number of carbonyl (C=O) groups excluding carboxylic acids is 2. The van der Waals surface area contributed by atoms with E-state index in [4.69, 9.17) is 9.39 Å². The second-order valence-electron chi connectivity index (χ2n) is 11.6. The number of rotatable bonds is 10. The number of amides is 2. The molecule has 2 aromatic rings. The maximum absolute atomic E-state index is 13.9. The van der Waals surface area contributed by atoms with Crippen molar-refractivity contribution in [1.29, 1.82) is 0 Å². The molecule has 0 spiro atoms. The van der Waals surface area contributed by atoms with Crippen molar-refractivity contribution in [3.05, 3.63) is 62.3 Å². The van der Waals surface area contributed by atoms with Crippen LogP contribution < -0.4 is 15.1 Å². The first kappa shape index (κ1) is 32.7. The van der Waals surface area contributed by atoms with Crippen molar-refractivity contribution in [3.8, 4) is 11.5 Å². The molecule has 2 aromatic carbocycles. The van der Waals surface area contributed by atoms with Crippen molar-refractivity contribution in [3.63, 3.8) is 0 Å². The number of anilines is 1. The highest BCUT2D eigenvalue weighted by Crippen LogP contribution is 2.51. The van der Waals surface area contributed by atoms with Crippen LogP contribution in [0.2, 0.25) is 6.32 Å². The Morgan fingerprint density at radius 1 is 1.18 bits per heavy atom. The maximum atomic E-state index is 13.9. The number of carbonyl (C=O) groups is 2. The van der Waals surface area contributed by atoms with Gasteiger partial charge in [-0.2, -0.15) is 0 Å². The van der Waals surface area contributed by atoms with Crippen LogP contribution in [0, 0.1) is 21.3 Å². The number of phenols is 1. The molecule has 232 valence electrons. The van der Waals surface area contributed by atoms with Crippen LogP contribution in [-0.2, 0) is 14.2 Å². The summed E-state index contributed by atoms with van der Waals surface area (Å²) in [5.74, 6) is -2.24. The molecule has 44 heavy (non-hydrogen) atoms. The molecule has 2 fully saturated rings. The summed E-state index contributed by atoms with van der Waals surface area (Å²) < 4.78 is 12.0. The second-order valence-corrected chi connectivity index (χ2v) is 12.8. The fourth-order valence-electron chi connectivity index (χ4n) is 6.96. The largest absolute Gasteiger partial charge is 0.504 e. The first-order chi connectivity index (χ1) is 21.1. The number of hydrogen-bond acceptors (Lipinski definition) is 9. The number of imide groups is 1. The fraction of sp³-hybridized carbons (Fsp3) is 0.419. The molecule has 0 saturated carbocycles. The summed E-state index contributed by atoms with van der Waals surface area (Å²) >= 11 is 2.06. The van der Waals surface area contributed by atoms with Crippen molar-refractivity contribution < 1.29 is 44.3 Å². The van der Waals surface area contributed by atoms with E-state index in [0.717, 1.165) is 34.5 Å². The molecule has 2 heterocycles. The molecule has 0 aromatic heterocycles. The molecule has 2 saturated heterocycles. The number of fused-ring (bicyclic) bond motifs is 3. The van der Waals surface area contributed by atoms with Gasteiger partial charge in [0.25, 0.3) is 0 Å². The van der Waals surface area contributed by atoms with E-state index >= 15 is 0 Å². The summed E-state index contributed by atoms with van der Waals surface area (Å²) in [6, 6.07) is 9.70. The molecule has 1 aliphatic carbocycles. The van der Waals surface area contributed by atoms with Gasteiger partial charge in [0.2, 0.25) is 11.8 Å². The van der Waals surface area contributed by atoms with Crippen molar-refractivity contribution in [2.45, 2.75) is 51.5 Å². The van der Waals surface area contributed by atoms with Gasteiger partial charge < -0.3 is 34.7 Å². The minimum absolute atomic E-state index is 0.0919. The zero-order valence-corrected chi connectivity index (χ0v) is 26.8. The Bertz CT molecular complexity index is 1500. The third kappa shape index (κ3) is 6.35. The number of phenolic OH excluding ortho intramolecular Hbond substituents is 1. The first-order valence-corrected chi connectivity index (χ1v) is 15.9. The maximum Gasteiger partial charge on any atom is 0.488 e. The molecular weight excluding hydrogens is 679 g/mol. The highest BCUT2D eigenvalue weighted by molar-refractivity contribution is 14.1. The van der Waals surface area contributed by atoms with Crippen LogP contribution in [-0.4, -0.2) is 71.2 Å². The Kier molecular flexibility index (Phi) is 10.2. The molecule has 5 rings (SSSR count). The Hall–Kier alpha value is -2.68. The van der Waals surface area contributed by atoms with E-state index in [1.807, 2.05) is 6.07 Å². The lowest BCUT2D eigenvalue weighted by molar-refractivity contribution is -0.122. The highest BCUT2D eigenvalue weighted by Gasteiger charge is 2.57. The second kappa shape index (κ2) is 13.8. The first-order valence-electron chi connectivity index (χ1n) is 14.8. The smallest absolute Gasteiger partial charge is 0.488 e. The minimum atomic E-state index is -1.75. The third-order valence-electron chi connectivity index (χ3n) is 8.87. The Morgan fingerprint density at radius 2 is 1.95 bits per heavy atom. The molecular formula is C31H36B2INO9. The van der Waals surface area contributed by atoms with Gasteiger partial charge in [0.1, 0.15) is 0 Å². The van der Waals surface area contributed by atoms with Crippen LogP contribution in [0.3, 0.4) is 0 Å². The molecule has 2 aliphatic heterocycles. The fourth-order valence-corrected chi connectivity index (χ4v) is 7.59. The van der Waals surface area contributed by atoms with Gasteiger partial charge in [-0.15, -0.1) is 0 Å². The lowest BCUT2D eigenvalue weighted by atomic mass is 9.58. The summed E-state index contributed by atoms with van der Waals surface area (Å²) in [4.78, 5) is 28.6. The van der Waals surface area contributed by atoms with Gasteiger partial charge in [-0.3, -0.25) is 14.5 Å². The van der Waals surface area contributed by atoms with Gasteiger partial charge in [0.05, 0.1) is 40.9 Å². The molecule has 5 N–H and O–H groups in total. The summed E-state index contributed by atoms with van der Waals surface area (Å²) in [7, 11) is -1.39. The van der Waals surface area contributed by atoms with Gasteiger partial charge in [0, 0.05) is 0 Å². The number of aliphatic hydroxyl groups is 1. The normalized spacial score (nSPS) is 23.7. The lowest BCUT2D eigenvalue weighted by Gasteiger charge is -2.43. The number of hydrogen-bond donors (Lipinski definition) is 5. The molecule has 2 amide bonds. The topological polar surface area (TPSA) is 157 Å². The molecule has 3 aliphatic rings. The molecule has 0 radical (unpaired) electrons. The number of aliphatic hydroxyl groups excluding tert-OH is 1.